The first-order chi connectivity index (χ1) is 6.24. The summed E-state index contributed by atoms with van der Waals surface area (Å²) in [4.78, 5) is 21.9. The molecule has 0 saturated carbocycles. The van der Waals surface area contributed by atoms with E-state index in [2.05, 4.69) is 27.8 Å². The van der Waals surface area contributed by atoms with Crippen LogP contribution in [0.15, 0.2) is 0 Å². The molecule has 1 aliphatic heterocycles. The van der Waals surface area contributed by atoms with Crippen molar-refractivity contribution in [3.63, 3.8) is 0 Å². The Hall–Kier alpha value is -1.70. The maximum atomic E-state index is 11.2. The Kier molecular flexibility index (Phi) is 3.15. The maximum Gasteiger partial charge on any atom is 0.315 e. The lowest BCUT2D eigenvalue weighted by Gasteiger charge is -2.06. The van der Waals surface area contributed by atoms with E-state index in [1.165, 1.54) is 0 Å². The largest absolute Gasteiger partial charge is 0.343 e. The van der Waals surface area contributed by atoms with Crippen molar-refractivity contribution >= 4 is 11.9 Å². The van der Waals surface area contributed by atoms with E-state index in [1.807, 2.05) is 0 Å². The molecule has 1 aliphatic rings. The molecule has 0 aromatic carbocycles. The molecular weight excluding hydrogens is 170 g/mol. The highest BCUT2D eigenvalue weighted by atomic mass is 16.2. The van der Waals surface area contributed by atoms with Crippen LogP contribution in [0, 0.1) is 11.8 Å². The Morgan fingerprint density at radius 2 is 2.54 bits per heavy atom. The van der Waals surface area contributed by atoms with Crippen LogP contribution in [-0.2, 0) is 4.79 Å². The number of carbonyl (C=O) groups is 2. The van der Waals surface area contributed by atoms with Crippen molar-refractivity contribution in [2.45, 2.75) is 13.0 Å². The number of hydrogen-bond acceptors (Lipinski definition) is 2. The number of amides is 3. The molecule has 0 aliphatic carbocycles. The Morgan fingerprint density at radius 3 is 3.08 bits per heavy atom. The number of hydrogen-bond donors (Lipinski definition) is 3. The van der Waals surface area contributed by atoms with E-state index in [9.17, 15) is 9.59 Å². The molecule has 1 atom stereocenters. The van der Waals surface area contributed by atoms with E-state index < -0.39 is 6.04 Å². The van der Waals surface area contributed by atoms with E-state index in [0.29, 0.717) is 13.1 Å². The van der Waals surface area contributed by atoms with Crippen molar-refractivity contribution in [3.05, 3.63) is 0 Å². The van der Waals surface area contributed by atoms with Crippen LogP contribution in [0.5, 0.6) is 0 Å². The van der Waals surface area contributed by atoms with E-state index in [4.69, 9.17) is 0 Å². The van der Waals surface area contributed by atoms with Gasteiger partial charge in [-0.15, -0.1) is 5.92 Å². The fraction of sp³-hybridized carbons (Fsp3) is 0.500. The quantitative estimate of drug-likeness (QED) is 0.469. The van der Waals surface area contributed by atoms with Gasteiger partial charge in [-0.05, 0) is 6.92 Å². The molecule has 0 unspecified atom stereocenters. The van der Waals surface area contributed by atoms with Crippen molar-refractivity contribution in [1.29, 1.82) is 0 Å². The van der Waals surface area contributed by atoms with Crippen molar-refractivity contribution in [2.24, 2.45) is 0 Å². The zero-order valence-corrected chi connectivity index (χ0v) is 7.31. The van der Waals surface area contributed by atoms with Crippen molar-refractivity contribution in [3.8, 4) is 11.8 Å². The fourth-order valence-corrected chi connectivity index (χ4v) is 0.956. The first-order valence-electron chi connectivity index (χ1n) is 3.95. The summed E-state index contributed by atoms with van der Waals surface area (Å²) in [5, 5.41) is 7.54. The molecule has 5 heteroatoms. The lowest BCUT2D eigenvalue weighted by atomic mass is 10.3. The zero-order chi connectivity index (χ0) is 9.68. The van der Waals surface area contributed by atoms with Gasteiger partial charge in [-0.25, -0.2) is 4.79 Å². The monoisotopic (exact) mass is 181 g/mol. The summed E-state index contributed by atoms with van der Waals surface area (Å²) in [5.74, 6) is 5.15. The third-order valence-electron chi connectivity index (χ3n) is 1.62. The topological polar surface area (TPSA) is 70.2 Å². The van der Waals surface area contributed by atoms with Crippen molar-refractivity contribution in [1.82, 2.24) is 16.0 Å². The smallest absolute Gasteiger partial charge is 0.315 e. The summed E-state index contributed by atoms with van der Waals surface area (Å²) in [5.41, 5.74) is 0. The van der Waals surface area contributed by atoms with Gasteiger partial charge >= 0.3 is 6.03 Å². The summed E-state index contributed by atoms with van der Waals surface area (Å²) < 4.78 is 0. The highest BCUT2D eigenvalue weighted by Gasteiger charge is 2.25. The Morgan fingerprint density at radius 1 is 1.77 bits per heavy atom. The molecule has 1 fully saturated rings. The van der Waals surface area contributed by atoms with E-state index in [-0.39, 0.29) is 11.9 Å². The highest BCUT2D eigenvalue weighted by molar-refractivity contribution is 5.90. The second-order valence-corrected chi connectivity index (χ2v) is 2.55. The van der Waals surface area contributed by atoms with Gasteiger partial charge in [0.2, 0.25) is 5.91 Å². The van der Waals surface area contributed by atoms with Crippen LogP contribution in [0.3, 0.4) is 0 Å². The highest BCUT2D eigenvalue weighted by Crippen LogP contribution is 1.89. The lowest BCUT2D eigenvalue weighted by Crippen LogP contribution is -2.42. The molecule has 5 nitrogen and oxygen atoms in total. The molecule has 0 aromatic rings. The maximum absolute atomic E-state index is 11.2. The van der Waals surface area contributed by atoms with Crippen molar-refractivity contribution < 1.29 is 9.59 Å². The van der Waals surface area contributed by atoms with Crippen LogP contribution in [0.4, 0.5) is 4.79 Å². The van der Waals surface area contributed by atoms with Gasteiger partial charge in [0.1, 0.15) is 6.04 Å². The summed E-state index contributed by atoms with van der Waals surface area (Å²) in [6.45, 7) is 2.36. The molecule has 0 bridgehead atoms. The second kappa shape index (κ2) is 4.36. The first-order valence-corrected chi connectivity index (χ1v) is 3.95. The van der Waals surface area contributed by atoms with Gasteiger partial charge in [0.25, 0.3) is 0 Å². The normalized spacial score (nSPS) is 19.5. The number of urea groups is 1. The molecule has 1 heterocycles. The summed E-state index contributed by atoms with van der Waals surface area (Å²) in [7, 11) is 0. The minimum absolute atomic E-state index is 0.207. The fourth-order valence-electron chi connectivity index (χ4n) is 0.956. The van der Waals surface area contributed by atoms with Gasteiger partial charge in [-0.2, -0.15) is 0 Å². The van der Waals surface area contributed by atoms with Crippen LogP contribution in [0.2, 0.25) is 0 Å². The molecule has 0 radical (unpaired) electrons. The standard InChI is InChI=1S/C8H11N3O2/c1-2-3-4-9-7(12)6-5-10-8(13)11-6/h6H,4-5H2,1H3,(H,9,12)(H2,10,11,13)/t6-/m0/s1. The third-order valence-corrected chi connectivity index (χ3v) is 1.62. The Labute approximate surface area is 76.3 Å². The molecular formula is C8H11N3O2. The van der Waals surface area contributed by atoms with Gasteiger partial charge in [0, 0.05) is 6.54 Å². The average Bonchev–Trinajstić information content (AvgIpc) is 2.52. The summed E-state index contributed by atoms with van der Waals surface area (Å²) >= 11 is 0. The lowest BCUT2D eigenvalue weighted by molar-refractivity contribution is -0.122. The molecule has 0 aromatic heterocycles. The average molecular weight is 181 g/mol. The number of rotatable bonds is 2. The minimum Gasteiger partial charge on any atom is -0.343 e. The van der Waals surface area contributed by atoms with Crippen LogP contribution in [-0.4, -0.2) is 31.1 Å². The van der Waals surface area contributed by atoms with E-state index in [1.54, 1.807) is 6.92 Å². The molecule has 3 N–H and O–H groups in total. The van der Waals surface area contributed by atoms with E-state index >= 15 is 0 Å². The van der Waals surface area contributed by atoms with Crippen LogP contribution in [0.25, 0.3) is 0 Å². The molecule has 0 spiro atoms. The SMILES string of the molecule is CC#CCNC(=O)[C@@H]1CNC(=O)N1. The zero-order valence-electron chi connectivity index (χ0n) is 7.31. The van der Waals surface area contributed by atoms with Gasteiger partial charge in [-0.3, -0.25) is 4.79 Å². The molecule has 1 saturated heterocycles. The molecule has 13 heavy (non-hydrogen) atoms. The second-order valence-electron chi connectivity index (χ2n) is 2.55. The molecule has 3 amide bonds. The summed E-state index contributed by atoms with van der Waals surface area (Å²) in [6, 6.07) is -0.770. The van der Waals surface area contributed by atoms with Gasteiger partial charge in [0.05, 0.1) is 6.54 Å². The molecule has 70 valence electrons. The van der Waals surface area contributed by atoms with Gasteiger partial charge in [0.15, 0.2) is 0 Å². The third kappa shape index (κ3) is 2.67. The van der Waals surface area contributed by atoms with Crippen molar-refractivity contribution in [2.75, 3.05) is 13.1 Å². The van der Waals surface area contributed by atoms with Crippen LogP contribution in [0.1, 0.15) is 6.92 Å². The number of carbonyl (C=O) groups excluding carboxylic acids is 2. The predicted octanol–water partition coefficient (Wildman–Crippen LogP) is -1.19. The first kappa shape index (κ1) is 9.39. The number of nitrogens with one attached hydrogen (secondary N) is 3. The minimum atomic E-state index is -0.467. The Bertz CT molecular complexity index is 277. The van der Waals surface area contributed by atoms with Gasteiger partial charge < -0.3 is 16.0 Å². The molecule has 1 rings (SSSR count). The van der Waals surface area contributed by atoms with E-state index in [0.717, 1.165) is 0 Å². The predicted molar refractivity (Wildman–Crippen MR) is 46.8 cm³/mol. The van der Waals surface area contributed by atoms with Crippen LogP contribution >= 0.6 is 0 Å². The Balaban J connectivity index is 2.30. The van der Waals surface area contributed by atoms with Gasteiger partial charge in [-0.1, -0.05) is 5.92 Å². The van der Waals surface area contributed by atoms with Crippen LogP contribution < -0.4 is 16.0 Å². The summed E-state index contributed by atoms with van der Waals surface area (Å²) in [6.07, 6.45) is 0.